The lowest BCUT2D eigenvalue weighted by Gasteiger charge is -2.33. The van der Waals surface area contributed by atoms with Crippen LogP contribution < -0.4 is 10.6 Å². The Bertz CT molecular complexity index is 532. The van der Waals surface area contributed by atoms with Crippen molar-refractivity contribution in [3.8, 4) is 0 Å². The largest absolute Gasteiger partial charge is 0.341 e. The van der Waals surface area contributed by atoms with Crippen LogP contribution in [0.2, 0.25) is 0 Å². The van der Waals surface area contributed by atoms with E-state index in [-0.39, 0.29) is 36.7 Å². The van der Waals surface area contributed by atoms with Crippen molar-refractivity contribution < 1.29 is 14.4 Å². The molecule has 0 aromatic heterocycles. The van der Waals surface area contributed by atoms with Gasteiger partial charge in [0.15, 0.2) is 0 Å². The van der Waals surface area contributed by atoms with E-state index in [0.29, 0.717) is 19.0 Å². The molecule has 4 amide bonds. The van der Waals surface area contributed by atoms with Crippen LogP contribution in [0.4, 0.5) is 4.79 Å². The molecular weight excluding hydrogens is 344 g/mol. The van der Waals surface area contributed by atoms with Gasteiger partial charge in [-0.2, -0.15) is 0 Å². The zero-order chi connectivity index (χ0) is 17.3. The molecule has 1 saturated carbocycles. The lowest BCUT2D eigenvalue weighted by molar-refractivity contribution is -0.139. The molecule has 1 unspecified atom stereocenters. The molecule has 0 aromatic carbocycles. The summed E-state index contributed by atoms with van der Waals surface area (Å²) in [6.45, 7) is 7.10. The number of piperidine rings is 1. The lowest BCUT2D eigenvalue weighted by atomic mass is 9.96. The number of carbonyl (C=O) groups is 3. The quantitative estimate of drug-likeness (QED) is 0.681. The van der Waals surface area contributed by atoms with Gasteiger partial charge in [-0.05, 0) is 57.5 Å². The average molecular weight is 373 g/mol. The Kier molecular flexibility index (Phi) is 6.32. The molecule has 2 aliphatic heterocycles. The van der Waals surface area contributed by atoms with Crippen molar-refractivity contribution in [1.29, 1.82) is 0 Å². The monoisotopic (exact) mass is 372 g/mol. The minimum atomic E-state index is -0.809. The summed E-state index contributed by atoms with van der Waals surface area (Å²) >= 11 is 0. The number of rotatable bonds is 6. The lowest BCUT2D eigenvalue weighted by Crippen LogP contribution is -2.48. The fourth-order valence-corrected chi connectivity index (χ4v) is 3.77. The Morgan fingerprint density at radius 3 is 2.44 bits per heavy atom. The van der Waals surface area contributed by atoms with E-state index >= 15 is 0 Å². The molecule has 3 fully saturated rings. The molecule has 7 nitrogen and oxygen atoms in total. The van der Waals surface area contributed by atoms with Gasteiger partial charge in [0.2, 0.25) is 5.91 Å². The topological polar surface area (TPSA) is 81.8 Å². The zero-order valence-electron chi connectivity index (χ0n) is 15.0. The van der Waals surface area contributed by atoms with E-state index in [1.165, 1.54) is 0 Å². The molecular formula is C17H29ClN4O3. The Hall–Kier alpha value is -1.34. The second-order valence-electron chi connectivity index (χ2n) is 7.43. The molecule has 0 radical (unpaired) electrons. The van der Waals surface area contributed by atoms with Crippen LogP contribution in [0.15, 0.2) is 0 Å². The van der Waals surface area contributed by atoms with Gasteiger partial charge in [-0.15, -0.1) is 12.4 Å². The van der Waals surface area contributed by atoms with E-state index in [0.717, 1.165) is 43.7 Å². The Labute approximate surface area is 155 Å². The van der Waals surface area contributed by atoms with Crippen molar-refractivity contribution in [3.05, 3.63) is 0 Å². The van der Waals surface area contributed by atoms with Crippen LogP contribution in [0.25, 0.3) is 0 Å². The van der Waals surface area contributed by atoms with E-state index < -0.39 is 11.6 Å². The molecule has 1 atom stereocenters. The van der Waals surface area contributed by atoms with Crippen LogP contribution in [-0.4, -0.2) is 65.9 Å². The maximum absolute atomic E-state index is 12.6. The van der Waals surface area contributed by atoms with Crippen LogP contribution in [0.3, 0.4) is 0 Å². The van der Waals surface area contributed by atoms with Crippen molar-refractivity contribution in [2.45, 2.75) is 45.1 Å². The van der Waals surface area contributed by atoms with Crippen molar-refractivity contribution in [3.63, 3.8) is 0 Å². The van der Waals surface area contributed by atoms with Gasteiger partial charge >= 0.3 is 6.03 Å². The molecule has 1 aliphatic carbocycles. The highest BCUT2D eigenvalue weighted by Gasteiger charge is 2.56. The molecule has 0 aromatic rings. The number of amides is 4. The first-order chi connectivity index (χ1) is 11.5. The minimum absolute atomic E-state index is 0. The number of urea groups is 1. The Morgan fingerprint density at radius 1 is 1.24 bits per heavy atom. The molecule has 8 heteroatoms. The van der Waals surface area contributed by atoms with Gasteiger partial charge in [0, 0.05) is 13.1 Å². The maximum Gasteiger partial charge on any atom is 0.325 e. The first-order valence-corrected chi connectivity index (χ1v) is 9.08. The molecule has 0 bridgehead atoms. The number of halogens is 1. The number of nitrogens with one attached hydrogen (secondary N) is 2. The van der Waals surface area contributed by atoms with Gasteiger partial charge in [0.1, 0.15) is 12.1 Å². The highest BCUT2D eigenvalue weighted by molar-refractivity contribution is 6.09. The normalized spacial score (nSPS) is 27.3. The summed E-state index contributed by atoms with van der Waals surface area (Å²) in [4.78, 5) is 40.1. The van der Waals surface area contributed by atoms with E-state index in [1.54, 1.807) is 11.8 Å². The maximum atomic E-state index is 12.6. The van der Waals surface area contributed by atoms with Crippen LogP contribution in [0, 0.1) is 11.8 Å². The number of likely N-dealkylation sites (tertiary alicyclic amines) is 1. The van der Waals surface area contributed by atoms with Crippen LogP contribution in [0.5, 0.6) is 0 Å². The van der Waals surface area contributed by atoms with Gasteiger partial charge in [0.05, 0.1) is 0 Å². The summed E-state index contributed by atoms with van der Waals surface area (Å²) in [6, 6.07) is -0.426. The van der Waals surface area contributed by atoms with Crippen molar-refractivity contribution in [2.24, 2.45) is 11.8 Å². The first-order valence-electron chi connectivity index (χ1n) is 9.08. The number of nitrogens with zero attached hydrogens (tertiary/aromatic N) is 2. The summed E-state index contributed by atoms with van der Waals surface area (Å²) in [5.41, 5.74) is -0.809. The van der Waals surface area contributed by atoms with Crippen LogP contribution in [0.1, 0.15) is 39.5 Å². The van der Waals surface area contributed by atoms with Crippen LogP contribution >= 0.6 is 12.4 Å². The van der Waals surface area contributed by atoms with Gasteiger partial charge in [-0.25, -0.2) is 4.79 Å². The third-order valence-electron chi connectivity index (χ3n) is 5.64. The third kappa shape index (κ3) is 4.08. The van der Waals surface area contributed by atoms with Crippen LogP contribution in [-0.2, 0) is 9.59 Å². The molecule has 0 spiro atoms. The smallest absolute Gasteiger partial charge is 0.325 e. The van der Waals surface area contributed by atoms with E-state index in [4.69, 9.17) is 0 Å². The standard InChI is InChI=1S/C17H28N4O3.ClH/c1-3-18-10-12-6-8-20(9-7-12)14(22)11-21-15(23)17(2,13-4-5-13)19-16(21)24;/h12-13,18H,3-11H2,1-2H3,(H,19,24);1H. The molecule has 3 aliphatic rings. The second kappa shape index (κ2) is 7.91. The van der Waals surface area contributed by atoms with Gasteiger partial charge in [-0.3, -0.25) is 14.5 Å². The predicted molar refractivity (Wildman–Crippen MR) is 96.5 cm³/mol. The Balaban J connectivity index is 0.00000225. The first kappa shape index (κ1) is 20.0. The third-order valence-corrected chi connectivity index (χ3v) is 5.64. The second-order valence-corrected chi connectivity index (χ2v) is 7.43. The summed E-state index contributed by atoms with van der Waals surface area (Å²) in [6.07, 6.45) is 3.87. The van der Waals surface area contributed by atoms with Crippen molar-refractivity contribution >= 4 is 30.3 Å². The highest BCUT2D eigenvalue weighted by Crippen LogP contribution is 2.42. The van der Waals surface area contributed by atoms with Crippen molar-refractivity contribution in [1.82, 2.24) is 20.4 Å². The summed E-state index contributed by atoms with van der Waals surface area (Å²) in [7, 11) is 0. The Morgan fingerprint density at radius 2 is 1.88 bits per heavy atom. The van der Waals surface area contributed by atoms with Gasteiger partial charge in [0.25, 0.3) is 5.91 Å². The van der Waals surface area contributed by atoms with Gasteiger partial charge in [-0.1, -0.05) is 6.92 Å². The fourth-order valence-electron chi connectivity index (χ4n) is 3.77. The number of imide groups is 1. The molecule has 3 rings (SSSR count). The predicted octanol–water partition coefficient (Wildman–Crippen LogP) is 0.977. The SMILES string of the molecule is CCNCC1CCN(C(=O)CN2C(=O)NC(C)(C3CC3)C2=O)CC1.Cl. The molecule has 25 heavy (non-hydrogen) atoms. The van der Waals surface area contributed by atoms with Gasteiger partial charge < -0.3 is 15.5 Å². The van der Waals surface area contributed by atoms with E-state index in [9.17, 15) is 14.4 Å². The zero-order valence-corrected chi connectivity index (χ0v) is 15.9. The molecule has 2 N–H and O–H groups in total. The summed E-state index contributed by atoms with van der Waals surface area (Å²) in [5, 5.41) is 6.14. The van der Waals surface area contributed by atoms with Crippen molar-refractivity contribution in [2.75, 3.05) is 32.7 Å². The summed E-state index contributed by atoms with van der Waals surface area (Å²) < 4.78 is 0. The molecule has 2 heterocycles. The minimum Gasteiger partial charge on any atom is -0.341 e. The molecule has 142 valence electrons. The number of carbonyl (C=O) groups excluding carboxylic acids is 3. The fraction of sp³-hybridized carbons (Fsp3) is 0.824. The number of hydrogen-bond donors (Lipinski definition) is 2. The average Bonchev–Trinajstić information content (AvgIpc) is 3.39. The highest BCUT2D eigenvalue weighted by atomic mass is 35.5. The molecule has 2 saturated heterocycles. The van der Waals surface area contributed by atoms with E-state index in [2.05, 4.69) is 17.6 Å². The van der Waals surface area contributed by atoms with E-state index in [1.807, 2.05) is 0 Å². The number of hydrogen-bond acceptors (Lipinski definition) is 4. The summed E-state index contributed by atoms with van der Waals surface area (Å²) in [5.74, 6) is 0.450.